The van der Waals surface area contributed by atoms with E-state index in [0.717, 1.165) is 49.2 Å². The van der Waals surface area contributed by atoms with E-state index in [-0.39, 0.29) is 23.2 Å². The van der Waals surface area contributed by atoms with E-state index in [1.54, 1.807) is 18.2 Å². The molecule has 7 heteroatoms. The van der Waals surface area contributed by atoms with Gasteiger partial charge in [0, 0.05) is 51.2 Å². The smallest absolute Gasteiger partial charge is 0.308 e. The van der Waals surface area contributed by atoms with Crippen LogP contribution in [-0.4, -0.2) is 60.4 Å². The van der Waals surface area contributed by atoms with Crippen LogP contribution in [0.5, 0.6) is 11.5 Å². The van der Waals surface area contributed by atoms with Crippen LogP contribution in [0, 0.1) is 5.41 Å². The van der Waals surface area contributed by atoms with Crippen molar-refractivity contribution in [1.29, 1.82) is 0 Å². The molecule has 0 aromatic heterocycles. The Kier molecular flexibility index (Phi) is 8.64. The quantitative estimate of drug-likeness (QED) is 0.301. The van der Waals surface area contributed by atoms with Crippen molar-refractivity contribution < 1.29 is 23.9 Å². The highest BCUT2D eigenvalue weighted by molar-refractivity contribution is 5.92. The van der Waals surface area contributed by atoms with Gasteiger partial charge in [-0.25, -0.2) is 0 Å². The Hall–Kier alpha value is -3.61. The molecule has 37 heavy (non-hydrogen) atoms. The lowest BCUT2D eigenvalue weighted by atomic mass is 9.78. The molecule has 0 radical (unpaired) electrons. The summed E-state index contributed by atoms with van der Waals surface area (Å²) in [6, 6.07) is 15.0. The highest BCUT2D eigenvalue weighted by atomic mass is 16.5. The number of carbonyl (C=O) groups excluding carboxylic acids is 3. The predicted octanol–water partition coefficient (Wildman–Crippen LogP) is 4.50. The van der Waals surface area contributed by atoms with Gasteiger partial charge in [-0.15, -0.1) is 0 Å². The molecule has 2 fully saturated rings. The molecule has 2 aromatic carbocycles. The number of benzene rings is 2. The van der Waals surface area contributed by atoms with Gasteiger partial charge in [0.15, 0.2) is 0 Å². The average molecular weight is 505 g/mol. The van der Waals surface area contributed by atoms with Crippen LogP contribution in [0.25, 0.3) is 6.08 Å². The number of nitrogens with zero attached hydrogens (tertiary/aromatic N) is 2. The minimum absolute atomic E-state index is 0.0202. The molecule has 196 valence electrons. The highest BCUT2D eigenvalue weighted by Crippen LogP contribution is 2.40. The van der Waals surface area contributed by atoms with E-state index in [1.165, 1.54) is 6.92 Å². The molecule has 7 nitrogen and oxygen atoms in total. The summed E-state index contributed by atoms with van der Waals surface area (Å²) < 4.78 is 10.7. The molecule has 0 saturated carbocycles. The normalized spacial score (nSPS) is 16.8. The first kappa shape index (κ1) is 26.5. The number of para-hydroxylation sites is 1. The van der Waals surface area contributed by atoms with Gasteiger partial charge in [0.1, 0.15) is 11.5 Å². The maximum Gasteiger partial charge on any atom is 0.308 e. The van der Waals surface area contributed by atoms with Gasteiger partial charge in [-0.1, -0.05) is 30.3 Å². The van der Waals surface area contributed by atoms with Crippen molar-refractivity contribution in [3.63, 3.8) is 0 Å². The molecule has 2 aliphatic heterocycles. The van der Waals surface area contributed by atoms with Gasteiger partial charge in [0.25, 0.3) is 0 Å². The van der Waals surface area contributed by atoms with E-state index in [4.69, 9.17) is 9.47 Å². The third-order valence-corrected chi connectivity index (χ3v) is 7.36. The molecule has 2 heterocycles. The molecule has 2 saturated heterocycles. The number of piperidine rings is 1. The maximum atomic E-state index is 12.9. The zero-order chi connectivity index (χ0) is 26.3. The van der Waals surface area contributed by atoms with Crippen LogP contribution < -0.4 is 9.47 Å². The minimum atomic E-state index is -0.346. The maximum absolute atomic E-state index is 12.9. The van der Waals surface area contributed by atoms with E-state index in [9.17, 15) is 14.4 Å². The Bertz CT molecular complexity index is 1130. The van der Waals surface area contributed by atoms with E-state index >= 15 is 0 Å². The number of hydrogen-bond donors (Lipinski definition) is 0. The van der Waals surface area contributed by atoms with E-state index in [0.29, 0.717) is 38.3 Å². The molecule has 0 unspecified atom stereocenters. The summed E-state index contributed by atoms with van der Waals surface area (Å²) in [5.41, 5.74) is 2.06. The Labute approximate surface area is 219 Å². The van der Waals surface area contributed by atoms with Gasteiger partial charge in [-0.3, -0.25) is 14.4 Å². The van der Waals surface area contributed by atoms with Crippen molar-refractivity contribution in [2.24, 2.45) is 5.41 Å². The van der Waals surface area contributed by atoms with Crippen LogP contribution in [0.1, 0.15) is 50.7 Å². The highest BCUT2D eigenvalue weighted by Gasteiger charge is 2.42. The largest absolute Gasteiger partial charge is 0.493 e. The van der Waals surface area contributed by atoms with Gasteiger partial charge < -0.3 is 19.3 Å². The number of esters is 1. The van der Waals surface area contributed by atoms with Gasteiger partial charge in [0.05, 0.1) is 6.61 Å². The molecule has 2 amide bonds. The molecule has 2 aromatic rings. The first-order chi connectivity index (χ1) is 17.9. The molecule has 0 bridgehead atoms. The lowest BCUT2D eigenvalue weighted by Crippen LogP contribution is -2.44. The summed E-state index contributed by atoms with van der Waals surface area (Å²) in [5, 5.41) is 0. The second-order valence-electron chi connectivity index (χ2n) is 9.93. The lowest BCUT2D eigenvalue weighted by molar-refractivity contribution is -0.132. The predicted molar refractivity (Wildman–Crippen MR) is 142 cm³/mol. The van der Waals surface area contributed by atoms with Gasteiger partial charge in [-0.05, 0) is 67.9 Å². The number of likely N-dealkylation sites (tertiary alicyclic amines) is 2. The van der Waals surface area contributed by atoms with Gasteiger partial charge in [0.2, 0.25) is 11.8 Å². The van der Waals surface area contributed by atoms with Crippen LogP contribution in [0.3, 0.4) is 0 Å². The molecular weight excluding hydrogens is 468 g/mol. The summed E-state index contributed by atoms with van der Waals surface area (Å²) in [5.74, 6) is 1.14. The summed E-state index contributed by atoms with van der Waals surface area (Å²) in [6.07, 6.45) is 7.42. The summed E-state index contributed by atoms with van der Waals surface area (Å²) in [4.78, 5) is 40.7. The zero-order valence-electron chi connectivity index (χ0n) is 21.8. The number of rotatable bonds is 8. The van der Waals surface area contributed by atoms with Crippen LogP contribution in [-0.2, 0) is 20.8 Å². The number of carbonyl (C=O) groups is 3. The molecule has 2 aliphatic rings. The molecule has 0 atom stereocenters. The van der Waals surface area contributed by atoms with Crippen molar-refractivity contribution in [2.75, 3.05) is 32.8 Å². The third-order valence-electron chi connectivity index (χ3n) is 7.36. The Morgan fingerprint density at radius 1 is 0.946 bits per heavy atom. The second-order valence-corrected chi connectivity index (χ2v) is 9.93. The van der Waals surface area contributed by atoms with Crippen molar-refractivity contribution in [3.05, 3.63) is 65.7 Å². The van der Waals surface area contributed by atoms with E-state index < -0.39 is 0 Å². The summed E-state index contributed by atoms with van der Waals surface area (Å²) >= 11 is 0. The van der Waals surface area contributed by atoms with Crippen LogP contribution in [0.2, 0.25) is 0 Å². The van der Waals surface area contributed by atoms with Crippen LogP contribution in [0.4, 0.5) is 0 Å². The van der Waals surface area contributed by atoms with E-state index in [2.05, 4.69) is 0 Å². The average Bonchev–Trinajstić information content (AvgIpc) is 3.31. The van der Waals surface area contributed by atoms with E-state index in [1.807, 2.05) is 59.2 Å². The fourth-order valence-corrected chi connectivity index (χ4v) is 5.23. The van der Waals surface area contributed by atoms with Crippen molar-refractivity contribution in [2.45, 2.75) is 46.0 Å². The number of aryl methyl sites for hydroxylation is 1. The molecule has 0 aliphatic carbocycles. The SMILES string of the molecule is CCOc1ccccc1C=CC(=O)N1CCC2(CC1)CCN(C(=O)CCc1ccc(OC(C)=O)cc1)C2. The molecule has 0 N–H and O–H groups in total. The minimum Gasteiger partial charge on any atom is -0.493 e. The van der Waals surface area contributed by atoms with Gasteiger partial charge >= 0.3 is 5.97 Å². The molecular formula is C30H36N2O5. The first-order valence-electron chi connectivity index (χ1n) is 13.1. The van der Waals surface area contributed by atoms with Crippen molar-refractivity contribution in [1.82, 2.24) is 9.80 Å². The monoisotopic (exact) mass is 504 g/mol. The standard InChI is InChI=1S/C30H36N2O5/c1-3-36-27-7-5-4-6-25(27)11-15-28(34)31-19-16-30(17-20-31)18-21-32(22-30)29(35)14-10-24-8-12-26(13-9-24)37-23(2)33/h4-9,11-13,15H,3,10,14,16-22H2,1-2H3. The second kappa shape index (κ2) is 12.1. The summed E-state index contributed by atoms with van der Waals surface area (Å²) in [7, 11) is 0. The fraction of sp³-hybridized carbons (Fsp3) is 0.433. The Morgan fingerprint density at radius 3 is 2.30 bits per heavy atom. The van der Waals surface area contributed by atoms with Gasteiger partial charge in [-0.2, -0.15) is 0 Å². The van der Waals surface area contributed by atoms with Crippen LogP contribution in [0.15, 0.2) is 54.6 Å². The Balaban J connectivity index is 1.23. The van der Waals surface area contributed by atoms with Crippen molar-refractivity contribution >= 4 is 23.9 Å². The summed E-state index contributed by atoms with van der Waals surface area (Å²) in [6.45, 7) is 6.89. The fourth-order valence-electron chi connectivity index (χ4n) is 5.23. The topological polar surface area (TPSA) is 76.2 Å². The zero-order valence-corrected chi connectivity index (χ0v) is 21.8. The first-order valence-corrected chi connectivity index (χ1v) is 13.1. The van der Waals surface area contributed by atoms with Crippen molar-refractivity contribution in [3.8, 4) is 11.5 Å². The number of amides is 2. The molecule has 4 rings (SSSR count). The number of hydrogen-bond acceptors (Lipinski definition) is 5. The lowest BCUT2D eigenvalue weighted by Gasteiger charge is -2.39. The third kappa shape index (κ3) is 7.00. The Morgan fingerprint density at radius 2 is 1.62 bits per heavy atom. The van der Waals surface area contributed by atoms with Crippen LogP contribution >= 0.6 is 0 Å². The number of ether oxygens (including phenoxy) is 2. The molecule has 1 spiro atoms.